The van der Waals surface area contributed by atoms with Crippen LogP contribution in [-0.2, 0) is 6.54 Å². The summed E-state index contributed by atoms with van der Waals surface area (Å²) in [7, 11) is 0. The minimum absolute atomic E-state index is 0.0751. The summed E-state index contributed by atoms with van der Waals surface area (Å²) in [6.07, 6.45) is 4.03. The van der Waals surface area contributed by atoms with Crippen LogP contribution in [0.4, 0.5) is 0 Å². The van der Waals surface area contributed by atoms with E-state index in [1.807, 2.05) is 0 Å². The molecular formula is C17H24N4O3. The van der Waals surface area contributed by atoms with Crippen molar-refractivity contribution >= 4 is 17.1 Å². The summed E-state index contributed by atoms with van der Waals surface area (Å²) >= 11 is 0. The molecule has 7 nitrogen and oxygen atoms in total. The second kappa shape index (κ2) is 6.76. The molecule has 3 heterocycles. The third-order valence-corrected chi connectivity index (χ3v) is 4.96. The van der Waals surface area contributed by atoms with Crippen LogP contribution in [0.2, 0.25) is 0 Å². The fraction of sp³-hybridized carbons (Fsp3) is 0.588. The third kappa shape index (κ3) is 2.84. The molecule has 1 aliphatic heterocycles. The third-order valence-electron chi connectivity index (χ3n) is 4.96. The first-order valence-corrected chi connectivity index (χ1v) is 8.61. The van der Waals surface area contributed by atoms with Crippen molar-refractivity contribution in [2.45, 2.75) is 45.7 Å². The van der Waals surface area contributed by atoms with Crippen LogP contribution in [0.1, 0.15) is 49.5 Å². The highest BCUT2D eigenvalue weighted by molar-refractivity contribution is 5.91. The van der Waals surface area contributed by atoms with Gasteiger partial charge in [0.05, 0.1) is 11.1 Å². The number of pyridine rings is 1. The Labute approximate surface area is 140 Å². The van der Waals surface area contributed by atoms with Crippen molar-refractivity contribution in [3.8, 4) is 0 Å². The number of carboxylic acids is 1. The lowest BCUT2D eigenvalue weighted by molar-refractivity contribution is 0.0696. The van der Waals surface area contributed by atoms with Gasteiger partial charge in [-0.2, -0.15) is 0 Å². The van der Waals surface area contributed by atoms with Gasteiger partial charge in [-0.1, -0.05) is 13.8 Å². The predicted octanol–water partition coefficient (Wildman–Crippen LogP) is 1.87. The van der Waals surface area contributed by atoms with E-state index in [1.165, 1.54) is 6.20 Å². The average molecular weight is 332 g/mol. The Kier molecular flexibility index (Phi) is 4.71. The maximum atomic E-state index is 13.0. The largest absolute Gasteiger partial charge is 0.478 e. The number of carbonyl (C=O) groups is 1. The molecule has 7 heteroatoms. The number of nitrogens with one attached hydrogen (secondary N) is 1. The van der Waals surface area contributed by atoms with E-state index in [2.05, 4.69) is 24.1 Å². The van der Waals surface area contributed by atoms with Crippen LogP contribution in [0.3, 0.4) is 0 Å². The smallest absolute Gasteiger partial charge is 0.337 e. The molecule has 130 valence electrons. The number of rotatable bonds is 6. The first-order valence-electron chi connectivity index (χ1n) is 8.61. The van der Waals surface area contributed by atoms with E-state index >= 15 is 0 Å². The van der Waals surface area contributed by atoms with Crippen molar-refractivity contribution in [2.75, 3.05) is 13.1 Å². The van der Waals surface area contributed by atoms with Gasteiger partial charge in [-0.3, -0.25) is 9.13 Å². The van der Waals surface area contributed by atoms with Gasteiger partial charge in [-0.15, -0.1) is 0 Å². The van der Waals surface area contributed by atoms with E-state index in [0.717, 1.165) is 32.4 Å². The zero-order chi connectivity index (χ0) is 17.3. The molecule has 0 unspecified atom stereocenters. The van der Waals surface area contributed by atoms with Crippen LogP contribution >= 0.6 is 0 Å². The molecular weight excluding hydrogens is 308 g/mol. The Bertz CT molecular complexity index is 798. The van der Waals surface area contributed by atoms with Crippen LogP contribution in [0.15, 0.2) is 17.1 Å². The number of hydrogen-bond donors (Lipinski definition) is 2. The molecule has 0 radical (unpaired) electrons. The number of aromatic carboxylic acids is 1. The molecule has 2 aromatic heterocycles. The van der Waals surface area contributed by atoms with Gasteiger partial charge in [-0.05, 0) is 44.3 Å². The molecule has 3 rings (SSSR count). The number of aromatic nitrogens is 3. The molecule has 1 fully saturated rings. The number of carboxylic acid groups (broad SMARTS) is 1. The van der Waals surface area contributed by atoms with Crippen molar-refractivity contribution < 1.29 is 9.90 Å². The molecule has 1 saturated heterocycles. The maximum absolute atomic E-state index is 13.0. The topological polar surface area (TPSA) is 89.2 Å². The first kappa shape index (κ1) is 16.7. The number of fused-ring (bicyclic) bond motifs is 1. The number of nitrogens with zero attached hydrogens (tertiary/aromatic N) is 3. The SMILES string of the molecule is CCC(CC)n1c(=O)n(C[C@@H]2CCNC2)c2cc(C(=O)O)cnc21. The zero-order valence-corrected chi connectivity index (χ0v) is 14.2. The summed E-state index contributed by atoms with van der Waals surface area (Å²) in [6.45, 7) is 6.55. The summed E-state index contributed by atoms with van der Waals surface area (Å²) in [5, 5.41) is 12.6. The monoisotopic (exact) mass is 332 g/mol. The van der Waals surface area contributed by atoms with Crippen molar-refractivity contribution in [1.82, 2.24) is 19.4 Å². The minimum atomic E-state index is -1.03. The van der Waals surface area contributed by atoms with Gasteiger partial charge in [0.15, 0.2) is 5.65 Å². The van der Waals surface area contributed by atoms with Crippen molar-refractivity contribution in [3.63, 3.8) is 0 Å². The molecule has 0 aromatic carbocycles. The van der Waals surface area contributed by atoms with Crippen molar-refractivity contribution in [2.24, 2.45) is 5.92 Å². The summed E-state index contributed by atoms with van der Waals surface area (Å²) in [5.41, 5.74) is 1.24. The van der Waals surface area contributed by atoms with E-state index in [9.17, 15) is 14.7 Å². The molecule has 1 aliphatic rings. The standard InChI is InChI=1S/C17H24N4O3/c1-3-13(4-2)21-15-14(7-12(9-19-15)16(22)23)20(17(21)24)10-11-5-6-18-8-11/h7,9,11,13,18H,3-6,8,10H2,1-2H3,(H,22,23)/t11-/m1/s1. The van der Waals surface area contributed by atoms with Crippen LogP contribution < -0.4 is 11.0 Å². The van der Waals surface area contributed by atoms with Gasteiger partial charge in [-0.25, -0.2) is 14.6 Å². The summed E-state index contributed by atoms with van der Waals surface area (Å²) in [4.78, 5) is 28.6. The second-order valence-electron chi connectivity index (χ2n) is 6.46. The highest BCUT2D eigenvalue weighted by Crippen LogP contribution is 2.22. The predicted molar refractivity (Wildman–Crippen MR) is 91.5 cm³/mol. The van der Waals surface area contributed by atoms with Gasteiger partial charge in [0, 0.05) is 18.8 Å². The molecule has 2 aromatic rings. The van der Waals surface area contributed by atoms with Crippen LogP contribution in [0.5, 0.6) is 0 Å². The highest BCUT2D eigenvalue weighted by atomic mass is 16.4. The normalized spacial score (nSPS) is 17.9. The number of hydrogen-bond acceptors (Lipinski definition) is 4. The van der Waals surface area contributed by atoms with E-state index in [4.69, 9.17) is 0 Å². The molecule has 24 heavy (non-hydrogen) atoms. The Morgan fingerprint density at radius 3 is 2.79 bits per heavy atom. The summed E-state index contributed by atoms with van der Waals surface area (Å²) in [6, 6.07) is 1.65. The Balaban J connectivity index is 2.18. The fourth-order valence-corrected chi connectivity index (χ4v) is 3.56. The molecule has 0 bridgehead atoms. The maximum Gasteiger partial charge on any atom is 0.337 e. The van der Waals surface area contributed by atoms with Gasteiger partial charge < -0.3 is 10.4 Å². The van der Waals surface area contributed by atoms with Crippen LogP contribution in [-0.4, -0.2) is 38.3 Å². The molecule has 1 atom stereocenters. The summed E-state index contributed by atoms with van der Waals surface area (Å²) < 4.78 is 3.45. The highest BCUT2D eigenvalue weighted by Gasteiger charge is 2.23. The summed E-state index contributed by atoms with van der Waals surface area (Å²) in [5.74, 6) is -0.641. The molecule has 0 spiro atoms. The first-order chi connectivity index (χ1) is 11.6. The van der Waals surface area contributed by atoms with Crippen molar-refractivity contribution in [1.29, 1.82) is 0 Å². The average Bonchev–Trinajstić information content (AvgIpc) is 3.18. The molecule has 0 amide bonds. The Hall–Kier alpha value is -2.15. The Morgan fingerprint density at radius 2 is 2.21 bits per heavy atom. The van der Waals surface area contributed by atoms with Gasteiger partial charge >= 0.3 is 11.7 Å². The second-order valence-corrected chi connectivity index (χ2v) is 6.46. The van der Waals surface area contributed by atoms with Crippen molar-refractivity contribution in [3.05, 3.63) is 28.3 Å². The van der Waals surface area contributed by atoms with E-state index < -0.39 is 5.97 Å². The van der Waals surface area contributed by atoms with Gasteiger partial charge in [0.2, 0.25) is 0 Å². The molecule has 2 N–H and O–H groups in total. The van der Waals surface area contributed by atoms with E-state index in [1.54, 1.807) is 15.2 Å². The lowest BCUT2D eigenvalue weighted by Crippen LogP contribution is -2.29. The number of imidazole rings is 1. The van der Waals surface area contributed by atoms with Gasteiger partial charge in [0.25, 0.3) is 0 Å². The lowest BCUT2D eigenvalue weighted by atomic mass is 10.1. The Morgan fingerprint density at radius 1 is 1.46 bits per heavy atom. The molecule has 0 aliphatic carbocycles. The zero-order valence-electron chi connectivity index (χ0n) is 14.2. The lowest BCUT2D eigenvalue weighted by Gasteiger charge is -2.13. The van der Waals surface area contributed by atoms with Gasteiger partial charge in [0.1, 0.15) is 0 Å². The fourth-order valence-electron chi connectivity index (χ4n) is 3.56. The van der Waals surface area contributed by atoms with Crippen LogP contribution in [0, 0.1) is 5.92 Å². The van der Waals surface area contributed by atoms with E-state index in [-0.39, 0.29) is 17.3 Å². The van der Waals surface area contributed by atoms with Crippen LogP contribution in [0.25, 0.3) is 11.2 Å². The quantitative estimate of drug-likeness (QED) is 0.843. The molecule has 0 saturated carbocycles. The minimum Gasteiger partial charge on any atom is -0.478 e. The van der Waals surface area contributed by atoms with E-state index in [0.29, 0.717) is 23.6 Å².